The van der Waals surface area contributed by atoms with Crippen LogP contribution in [0.4, 0.5) is 0 Å². The second-order valence-electron chi connectivity index (χ2n) is 25.3. The van der Waals surface area contributed by atoms with Gasteiger partial charge in [-0.15, -0.1) is 0 Å². The Morgan fingerprint density at radius 3 is 0.667 bits per heavy atom. The van der Waals surface area contributed by atoms with Gasteiger partial charge < -0.3 is 0 Å². The molecule has 72 heavy (non-hydrogen) atoms. The number of halogens is 2. The molecule has 0 amide bonds. The molecular weight excluding hydrogens is 1160 g/mol. The van der Waals surface area contributed by atoms with Crippen molar-refractivity contribution in [2.24, 2.45) is 10.8 Å². The van der Waals surface area contributed by atoms with Crippen LogP contribution in [0.2, 0.25) is 0 Å². The zero-order valence-corrected chi connectivity index (χ0v) is 52.2. The molecule has 6 aromatic rings. The molecule has 0 unspecified atom stereocenters. The second kappa shape index (κ2) is 22.8. The van der Waals surface area contributed by atoms with E-state index in [9.17, 15) is 16.8 Å². The molecule has 6 nitrogen and oxygen atoms in total. The van der Waals surface area contributed by atoms with E-state index in [4.69, 9.17) is 5.03 Å². The maximum absolute atomic E-state index is 13.5. The normalized spacial score (nSPS) is 13.5. The standard InChI is InChI=1S/2C31H41IO3S/c2*1-29(2,3)22-23-10-20-28(21-11-23)36(33,34)35-32(26-16-12-24(13-17-26)30(4,5)6)27-18-14-25(15-19-27)31(7,8)9/h2*10-21H,22H2,1-9H3. The SMILES string of the molecule is CC(C)(C)Cc1ccc(S(=O)(=O)OI(c2ccc(C(C)(C)C)cc2)c2ccc(C(C)(C)C)cc2)cc1.CC(C)(C)Cc1ccc(S(=O)(=O)OI(c2ccc(C(C)(C)C)cc2)c2ccc(C(C)(C)C)cc2)cc1. The Hall–Kier alpha value is -3.40. The minimum atomic E-state index is -3.92. The van der Waals surface area contributed by atoms with Gasteiger partial charge in [0.1, 0.15) is 0 Å². The van der Waals surface area contributed by atoms with Crippen molar-refractivity contribution < 1.29 is 21.9 Å². The first-order valence-electron chi connectivity index (χ1n) is 24.8. The Labute approximate surface area is 451 Å². The fourth-order valence-corrected chi connectivity index (χ4v) is 21.4. The molecule has 0 N–H and O–H groups in total. The van der Waals surface area contributed by atoms with Crippen molar-refractivity contribution in [3.05, 3.63) is 193 Å². The molecule has 0 aliphatic heterocycles. The van der Waals surface area contributed by atoms with Crippen LogP contribution >= 0.6 is 40.5 Å². The molecule has 0 fully saturated rings. The van der Waals surface area contributed by atoms with Gasteiger partial charge in [0.25, 0.3) is 0 Å². The van der Waals surface area contributed by atoms with Gasteiger partial charge >= 0.3 is 456 Å². The van der Waals surface area contributed by atoms with E-state index >= 15 is 0 Å². The number of rotatable bonds is 12. The minimum absolute atomic E-state index is 0.0215. The van der Waals surface area contributed by atoms with Gasteiger partial charge in [-0.3, -0.25) is 0 Å². The summed E-state index contributed by atoms with van der Waals surface area (Å²) in [6.45, 7) is 39.1. The van der Waals surface area contributed by atoms with Crippen LogP contribution < -0.4 is 0 Å². The fourth-order valence-electron chi connectivity index (χ4n) is 7.67. The third-order valence-electron chi connectivity index (χ3n) is 11.8. The van der Waals surface area contributed by atoms with Gasteiger partial charge in [0, 0.05) is 0 Å². The molecule has 0 aliphatic carbocycles. The van der Waals surface area contributed by atoms with E-state index in [0.29, 0.717) is 0 Å². The third-order valence-corrected chi connectivity index (χ3v) is 26.5. The molecule has 0 spiro atoms. The average molecular weight is 1240 g/mol. The van der Waals surface area contributed by atoms with Crippen LogP contribution in [0.5, 0.6) is 0 Å². The molecule has 10 heteroatoms. The van der Waals surface area contributed by atoms with E-state index < -0.39 is 60.7 Å². The molecular formula is C62H82I2O6S2. The molecule has 0 aliphatic rings. The predicted octanol–water partition coefficient (Wildman–Crippen LogP) is 17.5. The fraction of sp³-hybridized carbons (Fsp3) is 0.419. The summed E-state index contributed by atoms with van der Waals surface area (Å²) in [5.41, 5.74) is 7.43. The van der Waals surface area contributed by atoms with Gasteiger partial charge in [0.2, 0.25) is 0 Å². The van der Waals surface area contributed by atoms with Gasteiger partial charge in [-0.05, 0) is 0 Å². The molecule has 0 heterocycles. The van der Waals surface area contributed by atoms with E-state index in [0.717, 1.165) is 38.2 Å². The number of benzene rings is 6. The summed E-state index contributed by atoms with van der Waals surface area (Å²) in [5, 5.41) is 0. The first-order chi connectivity index (χ1) is 32.9. The van der Waals surface area contributed by atoms with Gasteiger partial charge in [-0.1, -0.05) is 0 Å². The van der Waals surface area contributed by atoms with Crippen molar-refractivity contribution in [3.8, 4) is 0 Å². The summed E-state index contributed by atoms with van der Waals surface area (Å²) in [4.78, 5) is 0.417. The summed E-state index contributed by atoms with van der Waals surface area (Å²) < 4.78 is 69.9. The van der Waals surface area contributed by atoms with Crippen LogP contribution in [0, 0.1) is 25.1 Å². The summed E-state index contributed by atoms with van der Waals surface area (Å²) >= 11 is -5.52. The van der Waals surface area contributed by atoms with E-state index in [1.54, 1.807) is 24.3 Å². The van der Waals surface area contributed by atoms with Crippen LogP contribution in [0.25, 0.3) is 0 Å². The summed E-state index contributed by atoms with van der Waals surface area (Å²) in [6, 6.07) is 47.5. The van der Waals surface area contributed by atoms with Crippen molar-refractivity contribution in [3.63, 3.8) is 0 Å². The molecule has 0 radical (unpaired) electrons. The second-order valence-corrected chi connectivity index (χ2v) is 38.3. The molecule has 392 valence electrons. The summed E-state index contributed by atoms with van der Waals surface area (Å²) in [7, 11) is -7.85. The molecule has 6 rings (SSSR count). The van der Waals surface area contributed by atoms with Gasteiger partial charge in [0.15, 0.2) is 0 Å². The van der Waals surface area contributed by atoms with Crippen LogP contribution in [-0.2, 0) is 59.8 Å². The molecule has 0 bridgehead atoms. The number of hydrogen-bond donors (Lipinski definition) is 0. The topological polar surface area (TPSA) is 86.7 Å². The average Bonchev–Trinajstić information content (AvgIpc) is 3.26. The van der Waals surface area contributed by atoms with Crippen molar-refractivity contribution in [1.29, 1.82) is 0 Å². The quantitative estimate of drug-likeness (QED) is 0.113. The Morgan fingerprint density at radius 2 is 0.500 bits per heavy atom. The Balaban J connectivity index is 0.000000267. The van der Waals surface area contributed by atoms with Crippen LogP contribution in [0.15, 0.2) is 155 Å². The van der Waals surface area contributed by atoms with E-state index in [1.807, 2.05) is 72.8 Å². The first-order valence-corrected chi connectivity index (χ1v) is 33.7. The van der Waals surface area contributed by atoms with Gasteiger partial charge in [-0.25, -0.2) is 0 Å². The Morgan fingerprint density at radius 1 is 0.306 bits per heavy atom. The predicted molar refractivity (Wildman–Crippen MR) is 319 cm³/mol. The van der Waals surface area contributed by atoms with Crippen molar-refractivity contribution in [2.75, 3.05) is 0 Å². The molecule has 0 saturated heterocycles. The monoisotopic (exact) mass is 1240 g/mol. The van der Waals surface area contributed by atoms with Crippen molar-refractivity contribution >= 4 is 60.7 Å². The van der Waals surface area contributed by atoms with Crippen LogP contribution in [0.3, 0.4) is 0 Å². The first kappa shape index (κ1) is 59.5. The molecule has 0 saturated carbocycles. The van der Waals surface area contributed by atoms with E-state index in [1.165, 1.54) is 22.3 Å². The van der Waals surface area contributed by atoms with Crippen molar-refractivity contribution in [1.82, 2.24) is 0 Å². The summed E-state index contributed by atoms with van der Waals surface area (Å²) in [5.74, 6) is 0. The third kappa shape index (κ3) is 17.3. The van der Waals surface area contributed by atoms with Crippen LogP contribution in [0.1, 0.15) is 158 Å². The summed E-state index contributed by atoms with van der Waals surface area (Å²) in [6.07, 6.45) is 1.76. The Kier molecular flexibility index (Phi) is 18.9. The van der Waals surface area contributed by atoms with Gasteiger partial charge in [-0.2, -0.15) is 0 Å². The molecule has 0 atom stereocenters. The zero-order chi connectivity index (χ0) is 53.9. The maximum atomic E-state index is 13.5. The Bertz CT molecular complexity index is 2600. The molecule has 6 aromatic carbocycles. The van der Waals surface area contributed by atoms with Crippen LogP contribution in [-0.4, -0.2) is 16.8 Å². The van der Waals surface area contributed by atoms with Crippen molar-refractivity contribution in [2.45, 2.75) is 169 Å². The van der Waals surface area contributed by atoms with E-state index in [-0.39, 0.29) is 42.3 Å². The zero-order valence-electron chi connectivity index (χ0n) is 46.3. The van der Waals surface area contributed by atoms with E-state index in [2.05, 4.69) is 173 Å². The number of hydrogen-bond acceptors (Lipinski definition) is 6. The van der Waals surface area contributed by atoms with Gasteiger partial charge in [0.05, 0.1) is 0 Å². The molecule has 0 aromatic heterocycles.